The summed E-state index contributed by atoms with van der Waals surface area (Å²) in [5.41, 5.74) is 4.95. The molecule has 6 heteroatoms. The number of nitrogens with zero attached hydrogens (tertiary/aromatic N) is 4. The third kappa shape index (κ3) is 3.74. The van der Waals surface area contributed by atoms with Crippen molar-refractivity contribution in [3.8, 4) is 0 Å². The summed E-state index contributed by atoms with van der Waals surface area (Å²) in [5.74, 6) is 0.545. The quantitative estimate of drug-likeness (QED) is 0.233. The topological polar surface area (TPSA) is 52.2 Å². The fourth-order valence-electron chi connectivity index (χ4n) is 4.94. The SMILES string of the molecule is Cc1nc2ccc(Br)cc2c(=O)n1N=Cc1c(C)n(Cc2cccc3ccccc23)c2ccccc12. The van der Waals surface area contributed by atoms with Gasteiger partial charge in [0.05, 0.1) is 17.1 Å². The predicted octanol–water partition coefficient (Wildman–Crippen LogP) is 6.81. The van der Waals surface area contributed by atoms with Crippen LogP contribution < -0.4 is 5.56 Å². The molecule has 176 valence electrons. The Hall–Kier alpha value is -4.03. The van der Waals surface area contributed by atoms with Gasteiger partial charge in [-0.05, 0) is 54.4 Å². The summed E-state index contributed by atoms with van der Waals surface area (Å²) in [6.07, 6.45) is 1.79. The summed E-state index contributed by atoms with van der Waals surface area (Å²) in [4.78, 5) is 17.8. The molecule has 0 aliphatic carbocycles. The van der Waals surface area contributed by atoms with Crippen LogP contribution in [0.4, 0.5) is 0 Å². The van der Waals surface area contributed by atoms with Crippen molar-refractivity contribution in [3.05, 3.63) is 122 Å². The van der Waals surface area contributed by atoms with Gasteiger partial charge in [0.2, 0.25) is 0 Å². The predicted molar refractivity (Wildman–Crippen MR) is 151 cm³/mol. The number of hydrogen-bond donors (Lipinski definition) is 0. The highest BCUT2D eigenvalue weighted by atomic mass is 79.9. The third-order valence-corrected chi connectivity index (χ3v) is 7.25. The average molecular weight is 535 g/mol. The van der Waals surface area contributed by atoms with E-state index in [0.29, 0.717) is 16.7 Å². The Morgan fingerprint density at radius 1 is 0.889 bits per heavy atom. The molecule has 2 aromatic heterocycles. The smallest absolute Gasteiger partial charge is 0.282 e. The normalized spacial score (nSPS) is 11.9. The molecule has 0 unspecified atom stereocenters. The van der Waals surface area contributed by atoms with Gasteiger partial charge in [-0.1, -0.05) is 76.6 Å². The summed E-state index contributed by atoms with van der Waals surface area (Å²) >= 11 is 3.45. The molecule has 0 N–H and O–H groups in total. The van der Waals surface area contributed by atoms with Crippen LogP contribution in [-0.2, 0) is 6.54 Å². The van der Waals surface area contributed by atoms with E-state index in [4.69, 9.17) is 0 Å². The van der Waals surface area contributed by atoms with Crippen LogP contribution in [0.2, 0.25) is 0 Å². The van der Waals surface area contributed by atoms with E-state index in [0.717, 1.165) is 33.2 Å². The van der Waals surface area contributed by atoms with Crippen LogP contribution in [-0.4, -0.2) is 20.4 Å². The first-order valence-electron chi connectivity index (χ1n) is 11.8. The number of fused-ring (bicyclic) bond motifs is 3. The Morgan fingerprint density at radius 3 is 2.50 bits per heavy atom. The lowest BCUT2D eigenvalue weighted by atomic mass is 10.0. The van der Waals surface area contributed by atoms with Gasteiger partial charge >= 0.3 is 0 Å². The van der Waals surface area contributed by atoms with Gasteiger partial charge in [0.15, 0.2) is 0 Å². The molecule has 0 saturated carbocycles. The second kappa shape index (κ2) is 8.88. The Labute approximate surface area is 216 Å². The van der Waals surface area contributed by atoms with Crippen molar-refractivity contribution in [1.82, 2.24) is 14.2 Å². The maximum Gasteiger partial charge on any atom is 0.282 e. The molecular weight excluding hydrogens is 512 g/mol. The standard InChI is InChI=1S/C30H23BrN4O/c1-19-27(17-32-35-20(2)33-28-15-14-23(31)16-26(28)30(35)36)25-12-5-6-13-29(25)34(19)18-22-10-7-9-21-8-3-4-11-24(21)22/h3-17H,18H2,1-2H3. The lowest BCUT2D eigenvalue weighted by Crippen LogP contribution is -2.20. The number of aryl methyl sites for hydroxylation is 1. The molecule has 2 heterocycles. The fourth-order valence-corrected chi connectivity index (χ4v) is 5.30. The van der Waals surface area contributed by atoms with Gasteiger partial charge in [-0.2, -0.15) is 9.78 Å². The van der Waals surface area contributed by atoms with Crippen molar-refractivity contribution in [2.24, 2.45) is 5.10 Å². The Kier molecular flexibility index (Phi) is 5.53. The van der Waals surface area contributed by atoms with E-state index in [-0.39, 0.29) is 5.56 Å². The highest BCUT2D eigenvalue weighted by molar-refractivity contribution is 9.10. The van der Waals surface area contributed by atoms with Gasteiger partial charge in [-0.15, -0.1) is 0 Å². The molecule has 0 atom stereocenters. The first-order chi connectivity index (χ1) is 17.5. The minimum atomic E-state index is -0.188. The monoisotopic (exact) mass is 534 g/mol. The third-order valence-electron chi connectivity index (χ3n) is 6.76. The number of halogens is 1. The maximum absolute atomic E-state index is 13.2. The molecule has 6 aromatic rings. The van der Waals surface area contributed by atoms with Crippen LogP contribution in [0.5, 0.6) is 0 Å². The number of rotatable bonds is 4. The summed E-state index contributed by atoms with van der Waals surface area (Å²) < 4.78 is 4.54. The Balaban J connectivity index is 1.48. The van der Waals surface area contributed by atoms with Gasteiger partial charge in [-0.25, -0.2) is 4.98 Å². The zero-order chi connectivity index (χ0) is 24.8. The molecule has 0 bridgehead atoms. The Morgan fingerprint density at radius 2 is 1.64 bits per heavy atom. The zero-order valence-electron chi connectivity index (χ0n) is 19.9. The first kappa shape index (κ1) is 22.4. The minimum Gasteiger partial charge on any atom is -0.340 e. The lowest BCUT2D eigenvalue weighted by molar-refractivity contribution is 0.770. The molecule has 0 amide bonds. The van der Waals surface area contributed by atoms with E-state index in [1.807, 2.05) is 18.2 Å². The molecule has 0 saturated heterocycles. The maximum atomic E-state index is 13.2. The summed E-state index contributed by atoms with van der Waals surface area (Å²) in [6, 6.07) is 28.8. The van der Waals surface area contributed by atoms with Gasteiger partial charge in [0.1, 0.15) is 5.82 Å². The average Bonchev–Trinajstić information content (AvgIpc) is 3.15. The number of para-hydroxylation sites is 1. The van der Waals surface area contributed by atoms with E-state index in [9.17, 15) is 4.79 Å². The molecule has 5 nitrogen and oxygen atoms in total. The van der Waals surface area contributed by atoms with E-state index in [1.54, 1.807) is 19.2 Å². The molecular formula is C30H23BrN4O. The first-order valence-corrected chi connectivity index (χ1v) is 12.6. The van der Waals surface area contributed by atoms with Crippen molar-refractivity contribution in [1.29, 1.82) is 0 Å². The van der Waals surface area contributed by atoms with Gasteiger partial charge in [0.25, 0.3) is 5.56 Å². The zero-order valence-corrected chi connectivity index (χ0v) is 21.5. The van der Waals surface area contributed by atoms with Crippen LogP contribution in [0.25, 0.3) is 32.6 Å². The van der Waals surface area contributed by atoms with E-state index in [1.165, 1.54) is 21.0 Å². The second-order valence-electron chi connectivity index (χ2n) is 8.92. The van der Waals surface area contributed by atoms with Crippen LogP contribution in [0.3, 0.4) is 0 Å². The molecule has 0 fully saturated rings. The van der Waals surface area contributed by atoms with Crippen LogP contribution in [0.1, 0.15) is 22.6 Å². The van der Waals surface area contributed by atoms with Crippen molar-refractivity contribution in [2.75, 3.05) is 0 Å². The molecule has 4 aromatic carbocycles. The fraction of sp³-hybridized carbons (Fsp3) is 0.100. The largest absolute Gasteiger partial charge is 0.340 e. The lowest BCUT2D eigenvalue weighted by Gasteiger charge is -2.11. The van der Waals surface area contributed by atoms with Gasteiger partial charge < -0.3 is 4.57 Å². The van der Waals surface area contributed by atoms with Gasteiger partial charge in [-0.3, -0.25) is 4.79 Å². The van der Waals surface area contributed by atoms with Gasteiger partial charge in [0, 0.05) is 33.2 Å². The van der Waals surface area contributed by atoms with Crippen molar-refractivity contribution >= 4 is 54.7 Å². The number of benzene rings is 4. The minimum absolute atomic E-state index is 0.188. The van der Waals surface area contributed by atoms with Crippen molar-refractivity contribution in [3.63, 3.8) is 0 Å². The molecule has 6 rings (SSSR count). The molecule has 0 aliphatic rings. The van der Waals surface area contributed by atoms with Crippen molar-refractivity contribution in [2.45, 2.75) is 20.4 Å². The summed E-state index contributed by atoms with van der Waals surface area (Å²) in [5, 5.41) is 8.74. The molecule has 0 spiro atoms. The second-order valence-corrected chi connectivity index (χ2v) is 9.84. The highest BCUT2D eigenvalue weighted by Crippen LogP contribution is 2.28. The Bertz CT molecular complexity index is 1880. The van der Waals surface area contributed by atoms with Crippen molar-refractivity contribution < 1.29 is 0 Å². The number of aromatic nitrogens is 3. The number of hydrogen-bond acceptors (Lipinski definition) is 3. The van der Waals surface area contributed by atoms with Crippen LogP contribution in [0.15, 0.2) is 99.3 Å². The molecule has 0 radical (unpaired) electrons. The van der Waals surface area contributed by atoms with Crippen LogP contribution >= 0.6 is 15.9 Å². The summed E-state index contributed by atoms with van der Waals surface area (Å²) in [7, 11) is 0. The molecule has 0 aliphatic heterocycles. The van der Waals surface area contributed by atoms with E-state index in [2.05, 4.69) is 98.2 Å². The highest BCUT2D eigenvalue weighted by Gasteiger charge is 2.14. The van der Waals surface area contributed by atoms with Crippen LogP contribution in [0, 0.1) is 13.8 Å². The van der Waals surface area contributed by atoms with E-state index >= 15 is 0 Å². The van der Waals surface area contributed by atoms with E-state index < -0.39 is 0 Å². The summed E-state index contributed by atoms with van der Waals surface area (Å²) in [6.45, 7) is 4.65. The molecule has 36 heavy (non-hydrogen) atoms.